The van der Waals surface area contributed by atoms with Gasteiger partial charge in [0, 0.05) is 0 Å². The van der Waals surface area contributed by atoms with E-state index in [0.717, 1.165) is 24.2 Å². The molecule has 0 amide bonds. The quantitative estimate of drug-likeness (QED) is 0.791. The summed E-state index contributed by atoms with van der Waals surface area (Å²) in [6.45, 7) is 0.818. The molecule has 1 aliphatic heterocycles. The lowest BCUT2D eigenvalue weighted by Gasteiger charge is -2.18. The summed E-state index contributed by atoms with van der Waals surface area (Å²) < 4.78 is 6.87. The van der Waals surface area contributed by atoms with Gasteiger partial charge in [0.1, 0.15) is 0 Å². The van der Waals surface area contributed by atoms with Crippen molar-refractivity contribution in [3.05, 3.63) is 21.9 Å². The molecular weight excluding hydrogens is 224 g/mol. The molecule has 0 aromatic carbocycles. The van der Waals surface area contributed by atoms with Crippen molar-refractivity contribution < 1.29 is 14.6 Å². The Hall–Kier alpha value is -1.56. The van der Waals surface area contributed by atoms with E-state index in [9.17, 15) is 9.59 Å². The molecule has 2 heterocycles. The third kappa shape index (κ3) is 1.51. The molecule has 3 rings (SSSR count). The molecule has 2 unspecified atom stereocenters. The van der Waals surface area contributed by atoms with Crippen LogP contribution in [-0.2, 0) is 22.7 Å². The maximum atomic E-state index is 11.9. The number of carbonyl (C=O) groups is 1. The molecule has 2 aliphatic rings. The van der Waals surface area contributed by atoms with E-state index in [1.165, 1.54) is 0 Å². The maximum Gasteiger partial charge on any atom is 0.326 e. The first-order chi connectivity index (χ1) is 8.18. The lowest BCUT2D eigenvalue weighted by molar-refractivity contribution is -0.142. The molecule has 0 radical (unpaired) electrons. The summed E-state index contributed by atoms with van der Waals surface area (Å²) >= 11 is 0. The summed E-state index contributed by atoms with van der Waals surface area (Å²) in [7, 11) is 0. The Balaban J connectivity index is 2.04. The monoisotopic (exact) mass is 238 g/mol. The van der Waals surface area contributed by atoms with Crippen LogP contribution in [0.25, 0.3) is 0 Å². The minimum absolute atomic E-state index is 0.198. The first-order valence-electron chi connectivity index (χ1n) is 5.81. The molecule has 2 atom stereocenters. The van der Waals surface area contributed by atoms with Gasteiger partial charge >= 0.3 is 11.7 Å². The van der Waals surface area contributed by atoms with E-state index in [-0.39, 0.29) is 11.7 Å². The topological polar surface area (TPSA) is 84.3 Å². The number of rotatable bonds is 2. The number of hydrogen-bond donors (Lipinski definition) is 2. The fourth-order valence-corrected chi connectivity index (χ4v) is 2.94. The van der Waals surface area contributed by atoms with Crippen LogP contribution in [0.1, 0.15) is 36.7 Å². The molecule has 6 heteroatoms. The molecule has 1 aromatic rings. The molecule has 2 N–H and O–H groups in total. The van der Waals surface area contributed by atoms with Gasteiger partial charge in [0.25, 0.3) is 0 Å². The van der Waals surface area contributed by atoms with Crippen molar-refractivity contribution in [3.8, 4) is 0 Å². The number of nitrogens with one attached hydrogen (secondary N) is 1. The fraction of sp³-hybridized carbons (Fsp3) is 0.636. The molecule has 6 nitrogen and oxygen atoms in total. The van der Waals surface area contributed by atoms with Crippen molar-refractivity contribution in [1.29, 1.82) is 0 Å². The van der Waals surface area contributed by atoms with Gasteiger partial charge in [-0.15, -0.1) is 0 Å². The van der Waals surface area contributed by atoms with E-state index in [1.807, 2.05) is 0 Å². The van der Waals surface area contributed by atoms with Crippen LogP contribution in [0, 0.1) is 5.92 Å². The summed E-state index contributed by atoms with van der Waals surface area (Å²) in [4.78, 5) is 25.8. The van der Waals surface area contributed by atoms with E-state index < -0.39 is 11.9 Å². The number of aliphatic carboxylic acids is 1. The Morgan fingerprint density at radius 3 is 3.00 bits per heavy atom. The Morgan fingerprint density at radius 1 is 1.41 bits per heavy atom. The van der Waals surface area contributed by atoms with Crippen LogP contribution in [0.15, 0.2) is 4.79 Å². The average molecular weight is 238 g/mol. The number of imidazole rings is 1. The van der Waals surface area contributed by atoms with E-state index >= 15 is 0 Å². The molecule has 1 saturated carbocycles. The van der Waals surface area contributed by atoms with E-state index in [4.69, 9.17) is 9.84 Å². The highest BCUT2D eigenvalue weighted by Crippen LogP contribution is 2.37. The van der Waals surface area contributed by atoms with Crippen molar-refractivity contribution in [2.24, 2.45) is 5.92 Å². The molecule has 1 fully saturated rings. The second-order valence-electron chi connectivity index (χ2n) is 4.66. The number of fused-ring (bicyclic) bond motifs is 1. The molecule has 17 heavy (non-hydrogen) atoms. The molecular formula is C11H14N2O4. The molecule has 0 saturated heterocycles. The first kappa shape index (κ1) is 10.6. The van der Waals surface area contributed by atoms with Crippen LogP contribution in [0.3, 0.4) is 0 Å². The zero-order valence-corrected chi connectivity index (χ0v) is 9.31. The Morgan fingerprint density at radius 2 is 2.24 bits per heavy atom. The lowest BCUT2D eigenvalue weighted by atomic mass is 10.0. The van der Waals surface area contributed by atoms with Crippen LogP contribution in [0.2, 0.25) is 0 Å². The van der Waals surface area contributed by atoms with Crippen LogP contribution in [-0.4, -0.2) is 20.6 Å². The Labute approximate surface area is 97.2 Å². The highest BCUT2D eigenvalue weighted by molar-refractivity contribution is 5.71. The van der Waals surface area contributed by atoms with Crippen molar-refractivity contribution in [2.45, 2.75) is 38.5 Å². The van der Waals surface area contributed by atoms with Gasteiger partial charge in [0.2, 0.25) is 0 Å². The molecule has 92 valence electrons. The number of carboxylic acids is 1. The number of hydrogen-bond acceptors (Lipinski definition) is 3. The maximum absolute atomic E-state index is 11.9. The van der Waals surface area contributed by atoms with Crippen molar-refractivity contribution in [1.82, 2.24) is 9.55 Å². The van der Waals surface area contributed by atoms with Gasteiger partial charge in [-0.05, 0) is 12.8 Å². The van der Waals surface area contributed by atoms with Gasteiger partial charge in [-0.3, -0.25) is 9.36 Å². The zero-order valence-electron chi connectivity index (χ0n) is 9.31. The largest absolute Gasteiger partial charge is 0.481 e. The predicted molar refractivity (Wildman–Crippen MR) is 57.6 cm³/mol. The third-order valence-corrected chi connectivity index (χ3v) is 3.73. The van der Waals surface area contributed by atoms with Crippen LogP contribution < -0.4 is 5.69 Å². The lowest BCUT2D eigenvalue weighted by Crippen LogP contribution is -2.30. The fourth-order valence-electron chi connectivity index (χ4n) is 2.94. The molecule has 1 aromatic heterocycles. The SMILES string of the molecule is O=C(O)C1CCCC1n1c2c([nH]c1=O)COC2. The summed E-state index contributed by atoms with van der Waals surface area (Å²) in [5.41, 5.74) is 1.43. The van der Waals surface area contributed by atoms with E-state index in [1.54, 1.807) is 4.57 Å². The standard InChI is InChI=1S/C11H14N2O4/c14-10(15)6-2-1-3-8(6)13-9-5-17-4-7(9)12-11(13)16/h6,8H,1-5H2,(H,12,16)(H,14,15). The number of ether oxygens (including phenoxy) is 1. The molecule has 1 aliphatic carbocycles. The zero-order chi connectivity index (χ0) is 12.0. The minimum Gasteiger partial charge on any atom is -0.481 e. The van der Waals surface area contributed by atoms with Crippen molar-refractivity contribution >= 4 is 5.97 Å². The number of aromatic nitrogens is 2. The summed E-state index contributed by atoms with van der Waals surface area (Å²) in [6.07, 6.45) is 2.25. The second kappa shape index (κ2) is 3.73. The second-order valence-corrected chi connectivity index (χ2v) is 4.66. The predicted octanol–water partition coefficient (Wildman–Crippen LogP) is 0.632. The normalized spacial score (nSPS) is 27.3. The minimum atomic E-state index is -0.812. The molecule has 0 bridgehead atoms. The van der Waals surface area contributed by atoms with Gasteiger partial charge < -0.3 is 14.8 Å². The van der Waals surface area contributed by atoms with E-state index in [0.29, 0.717) is 19.6 Å². The summed E-state index contributed by atoms with van der Waals surface area (Å²) in [5, 5.41) is 9.17. The van der Waals surface area contributed by atoms with Crippen LogP contribution >= 0.6 is 0 Å². The van der Waals surface area contributed by atoms with Gasteiger partial charge in [-0.2, -0.15) is 0 Å². The third-order valence-electron chi connectivity index (χ3n) is 3.73. The highest BCUT2D eigenvalue weighted by atomic mass is 16.5. The van der Waals surface area contributed by atoms with Gasteiger partial charge in [0.05, 0.1) is 36.6 Å². The van der Waals surface area contributed by atoms with Crippen LogP contribution in [0.5, 0.6) is 0 Å². The Kier molecular flexibility index (Phi) is 2.32. The molecule has 0 spiro atoms. The van der Waals surface area contributed by atoms with Crippen molar-refractivity contribution in [3.63, 3.8) is 0 Å². The first-order valence-corrected chi connectivity index (χ1v) is 5.81. The number of aromatic amines is 1. The summed E-state index contributed by atoms with van der Waals surface area (Å²) in [5.74, 6) is -1.26. The average Bonchev–Trinajstić information content (AvgIpc) is 2.91. The van der Waals surface area contributed by atoms with Gasteiger partial charge in [-0.25, -0.2) is 4.79 Å². The van der Waals surface area contributed by atoms with Gasteiger partial charge in [0.15, 0.2) is 0 Å². The van der Waals surface area contributed by atoms with Crippen LogP contribution in [0.4, 0.5) is 0 Å². The smallest absolute Gasteiger partial charge is 0.326 e. The number of carboxylic acid groups (broad SMARTS) is 1. The Bertz CT molecular complexity index is 516. The van der Waals surface area contributed by atoms with Crippen molar-refractivity contribution in [2.75, 3.05) is 0 Å². The number of H-pyrrole nitrogens is 1. The van der Waals surface area contributed by atoms with Gasteiger partial charge in [-0.1, -0.05) is 6.42 Å². The summed E-state index contributed by atoms with van der Waals surface area (Å²) in [6, 6.07) is -0.221. The van der Waals surface area contributed by atoms with E-state index in [2.05, 4.69) is 4.98 Å². The highest BCUT2D eigenvalue weighted by Gasteiger charge is 2.37. The number of nitrogens with zero attached hydrogens (tertiary/aromatic N) is 1.